The summed E-state index contributed by atoms with van der Waals surface area (Å²) in [5.41, 5.74) is 4.83. The fourth-order valence-electron chi connectivity index (χ4n) is 4.58. The van der Waals surface area contributed by atoms with Gasteiger partial charge in [-0.05, 0) is 67.9 Å². The quantitative estimate of drug-likeness (QED) is 0.848. The Bertz CT molecular complexity index is 890. The minimum atomic E-state index is 0.125. The fourth-order valence-corrected chi connectivity index (χ4v) is 4.58. The second-order valence-electron chi connectivity index (χ2n) is 8.34. The van der Waals surface area contributed by atoms with Crippen molar-refractivity contribution in [1.29, 1.82) is 0 Å². The Morgan fingerprint density at radius 3 is 2.03 bits per heavy atom. The second-order valence-corrected chi connectivity index (χ2v) is 8.34. The average molecular weight is 389 g/mol. The van der Waals surface area contributed by atoms with E-state index in [0.717, 1.165) is 35.6 Å². The van der Waals surface area contributed by atoms with Crippen LogP contribution in [0.25, 0.3) is 12.2 Å². The van der Waals surface area contributed by atoms with Gasteiger partial charge in [0.2, 0.25) is 0 Å². The van der Waals surface area contributed by atoms with E-state index in [9.17, 15) is 0 Å². The number of nitrogens with zero attached hydrogens (tertiary/aromatic N) is 1. The van der Waals surface area contributed by atoms with Crippen molar-refractivity contribution in [1.82, 2.24) is 10.2 Å². The van der Waals surface area contributed by atoms with Crippen LogP contribution in [0.5, 0.6) is 11.5 Å². The van der Waals surface area contributed by atoms with Crippen LogP contribution in [0.1, 0.15) is 41.6 Å². The molecule has 3 aliphatic heterocycles. The maximum absolute atomic E-state index is 5.76. The molecule has 0 spiro atoms. The molecule has 3 aliphatic rings. The summed E-state index contributed by atoms with van der Waals surface area (Å²) >= 11 is 0. The smallest absolute Gasteiger partial charge is 0.127 e. The molecule has 150 valence electrons. The lowest BCUT2D eigenvalue weighted by Gasteiger charge is -2.26. The van der Waals surface area contributed by atoms with Crippen molar-refractivity contribution in [3.8, 4) is 11.5 Å². The SMILES string of the molecule is CC1CC(NC(c2ccc3c(c2)C=CCO3)c2ccc3c(c2)C=CCO3)CN1C. The van der Waals surface area contributed by atoms with Crippen molar-refractivity contribution >= 4 is 12.2 Å². The summed E-state index contributed by atoms with van der Waals surface area (Å²) in [6, 6.07) is 14.3. The predicted octanol–water partition coefficient (Wildman–Crippen LogP) is 4.27. The van der Waals surface area contributed by atoms with E-state index >= 15 is 0 Å². The molecule has 4 nitrogen and oxygen atoms in total. The Labute approximate surface area is 172 Å². The first-order valence-electron chi connectivity index (χ1n) is 10.5. The minimum Gasteiger partial charge on any atom is -0.489 e. The molecule has 5 rings (SSSR count). The van der Waals surface area contributed by atoms with Gasteiger partial charge in [-0.25, -0.2) is 0 Å². The molecular weight excluding hydrogens is 360 g/mol. The summed E-state index contributed by atoms with van der Waals surface area (Å²) < 4.78 is 11.5. The number of benzene rings is 2. The van der Waals surface area contributed by atoms with Crippen molar-refractivity contribution in [2.75, 3.05) is 26.8 Å². The van der Waals surface area contributed by atoms with E-state index in [4.69, 9.17) is 9.47 Å². The highest BCUT2D eigenvalue weighted by Gasteiger charge is 2.29. The van der Waals surface area contributed by atoms with Gasteiger partial charge in [0, 0.05) is 29.8 Å². The van der Waals surface area contributed by atoms with Crippen LogP contribution in [-0.4, -0.2) is 43.8 Å². The van der Waals surface area contributed by atoms with Gasteiger partial charge in [-0.1, -0.05) is 24.3 Å². The van der Waals surface area contributed by atoms with Gasteiger partial charge < -0.3 is 19.7 Å². The highest BCUT2D eigenvalue weighted by molar-refractivity contribution is 5.63. The Morgan fingerprint density at radius 1 is 0.931 bits per heavy atom. The highest BCUT2D eigenvalue weighted by Crippen LogP contribution is 2.34. The molecule has 3 heterocycles. The molecule has 2 aromatic rings. The lowest BCUT2D eigenvalue weighted by molar-refractivity contribution is 0.325. The van der Waals surface area contributed by atoms with Crippen molar-refractivity contribution in [3.05, 3.63) is 70.8 Å². The first-order chi connectivity index (χ1) is 14.2. The maximum Gasteiger partial charge on any atom is 0.127 e. The van der Waals surface area contributed by atoms with E-state index in [2.05, 4.69) is 84.9 Å². The molecule has 29 heavy (non-hydrogen) atoms. The molecule has 0 saturated carbocycles. The number of hydrogen-bond acceptors (Lipinski definition) is 4. The van der Waals surface area contributed by atoms with Crippen LogP contribution in [0, 0.1) is 0 Å². The molecule has 0 bridgehead atoms. The molecule has 2 aromatic carbocycles. The van der Waals surface area contributed by atoms with Crippen LogP contribution in [-0.2, 0) is 0 Å². The first-order valence-corrected chi connectivity index (χ1v) is 10.5. The predicted molar refractivity (Wildman–Crippen MR) is 117 cm³/mol. The molecule has 0 amide bonds. The Hall–Kier alpha value is -2.56. The second kappa shape index (κ2) is 7.69. The molecule has 0 aliphatic carbocycles. The van der Waals surface area contributed by atoms with Crippen LogP contribution in [0.15, 0.2) is 48.6 Å². The number of fused-ring (bicyclic) bond motifs is 2. The fraction of sp³-hybridized carbons (Fsp3) is 0.360. The van der Waals surface area contributed by atoms with Gasteiger partial charge in [0.15, 0.2) is 0 Å². The van der Waals surface area contributed by atoms with Gasteiger partial charge in [-0.15, -0.1) is 0 Å². The van der Waals surface area contributed by atoms with E-state index in [1.165, 1.54) is 11.1 Å². The van der Waals surface area contributed by atoms with Crippen molar-refractivity contribution in [2.45, 2.75) is 31.5 Å². The number of nitrogens with one attached hydrogen (secondary N) is 1. The lowest BCUT2D eigenvalue weighted by atomic mass is 9.93. The summed E-state index contributed by atoms with van der Waals surface area (Å²) in [7, 11) is 2.21. The molecule has 1 fully saturated rings. The third kappa shape index (κ3) is 3.70. The average Bonchev–Trinajstić information content (AvgIpc) is 3.08. The van der Waals surface area contributed by atoms with Crippen molar-refractivity contribution < 1.29 is 9.47 Å². The molecule has 2 unspecified atom stereocenters. The van der Waals surface area contributed by atoms with E-state index in [-0.39, 0.29) is 6.04 Å². The number of likely N-dealkylation sites (tertiary alicyclic amines) is 1. The Morgan fingerprint density at radius 2 is 1.52 bits per heavy atom. The van der Waals surface area contributed by atoms with Gasteiger partial charge in [0.25, 0.3) is 0 Å². The van der Waals surface area contributed by atoms with Crippen molar-refractivity contribution in [2.24, 2.45) is 0 Å². The summed E-state index contributed by atoms with van der Waals surface area (Å²) in [5, 5.41) is 3.95. The van der Waals surface area contributed by atoms with Crippen LogP contribution in [0.3, 0.4) is 0 Å². The molecular formula is C25H28N2O2. The topological polar surface area (TPSA) is 33.7 Å². The van der Waals surface area contributed by atoms with Crippen LogP contribution < -0.4 is 14.8 Å². The highest BCUT2D eigenvalue weighted by atomic mass is 16.5. The number of ether oxygens (including phenoxy) is 2. The molecule has 2 atom stereocenters. The van der Waals surface area contributed by atoms with E-state index in [1.807, 2.05) is 0 Å². The summed E-state index contributed by atoms with van der Waals surface area (Å²) in [6.07, 6.45) is 9.63. The van der Waals surface area contributed by atoms with Gasteiger partial charge in [-0.2, -0.15) is 0 Å². The van der Waals surface area contributed by atoms with Crippen LogP contribution >= 0.6 is 0 Å². The minimum absolute atomic E-state index is 0.125. The Kier molecular flexibility index (Phi) is 4.90. The molecule has 1 saturated heterocycles. The molecule has 0 aromatic heterocycles. The molecule has 0 radical (unpaired) electrons. The standard InChI is InChI=1S/C25H28N2O2/c1-17-13-22(16-27(17)2)26-25(20-7-9-23-18(14-20)5-3-11-28-23)21-8-10-24-19(15-21)6-4-12-29-24/h3-10,14-15,17,22,25-26H,11-13,16H2,1-2H3. The van der Waals surface area contributed by atoms with Gasteiger partial charge >= 0.3 is 0 Å². The third-order valence-electron chi connectivity index (χ3n) is 6.29. The van der Waals surface area contributed by atoms with Crippen molar-refractivity contribution in [3.63, 3.8) is 0 Å². The summed E-state index contributed by atoms with van der Waals surface area (Å²) in [6.45, 7) is 4.67. The van der Waals surface area contributed by atoms with Crippen LogP contribution in [0.2, 0.25) is 0 Å². The first kappa shape index (κ1) is 18.5. The number of rotatable bonds is 4. The number of hydrogen-bond donors (Lipinski definition) is 1. The third-order valence-corrected chi connectivity index (χ3v) is 6.29. The summed E-state index contributed by atoms with van der Waals surface area (Å²) in [5.74, 6) is 1.93. The van der Waals surface area contributed by atoms with E-state index in [0.29, 0.717) is 25.3 Å². The van der Waals surface area contributed by atoms with Crippen LogP contribution in [0.4, 0.5) is 0 Å². The van der Waals surface area contributed by atoms with Gasteiger partial charge in [0.1, 0.15) is 24.7 Å². The monoisotopic (exact) mass is 388 g/mol. The zero-order chi connectivity index (χ0) is 19.8. The van der Waals surface area contributed by atoms with Gasteiger partial charge in [-0.3, -0.25) is 0 Å². The largest absolute Gasteiger partial charge is 0.489 e. The summed E-state index contributed by atoms with van der Waals surface area (Å²) in [4.78, 5) is 2.43. The zero-order valence-corrected chi connectivity index (χ0v) is 17.1. The Balaban J connectivity index is 1.51. The van der Waals surface area contributed by atoms with E-state index in [1.54, 1.807) is 0 Å². The zero-order valence-electron chi connectivity index (χ0n) is 17.1. The number of likely N-dealkylation sites (N-methyl/N-ethyl adjacent to an activating group) is 1. The van der Waals surface area contributed by atoms with Gasteiger partial charge in [0.05, 0.1) is 6.04 Å². The maximum atomic E-state index is 5.76. The lowest BCUT2D eigenvalue weighted by Crippen LogP contribution is -2.35. The molecule has 4 heteroatoms. The van der Waals surface area contributed by atoms with E-state index < -0.39 is 0 Å². The normalized spacial score (nSPS) is 22.9. The molecule has 1 N–H and O–H groups in total.